The van der Waals surface area contributed by atoms with Gasteiger partial charge in [-0.05, 0) is 30.7 Å². The van der Waals surface area contributed by atoms with Crippen molar-refractivity contribution in [2.24, 2.45) is 0 Å². The number of morpholine rings is 1. The van der Waals surface area contributed by atoms with Gasteiger partial charge in [0, 0.05) is 30.9 Å². The Morgan fingerprint density at radius 1 is 1.19 bits per heavy atom. The van der Waals surface area contributed by atoms with Crippen LogP contribution in [-0.2, 0) is 4.74 Å². The number of hydrogen-bond acceptors (Lipinski definition) is 3. The van der Waals surface area contributed by atoms with Gasteiger partial charge in [-0.1, -0.05) is 6.92 Å². The minimum Gasteiger partial charge on any atom is -0.378 e. The van der Waals surface area contributed by atoms with E-state index in [9.17, 15) is 9.59 Å². The van der Waals surface area contributed by atoms with Gasteiger partial charge in [0.15, 0.2) is 0 Å². The Morgan fingerprint density at radius 2 is 1.86 bits per heavy atom. The third-order valence-electron chi connectivity index (χ3n) is 3.23. The molecule has 21 heavy (non-hydrogen) atoms. The van der Waals surface area contributed by atoms with E-state index in [1.807, 2.05) is 6.92 Å². The molecule has 0 spiro atoms. The predicted molar refractivity (Wildman–Crippen MR) is 80.5 cm³/mol. The first kappa shape index (κ1) is 15.3. The number of benzene rings is 1. The zero-order valence-corrected chi connectivity index (χ0v) is 12.2. The molecule has 0 atom stereocenters. The van der Waals surface area contributed by atoms with E-state index in [0.717, 1.165) is 6.42 Å². The largest absolute Gasteiger partial charge is 0.378 e. The smallest absolute Gasteiger partial charge is 0.321 e. The lowest BCUT2D eigenvalue weighted by Gasteiger charge is -2.26. The zero-order valence-electron chi connectivity index (χ0n) is 12.2. The molecular formula is C15H21N3O3. The highest BCUT2D eigenvalue weighted by Crippen LogP contribution is 2.11. The molecular weight excluding hydrogens is 270 g/mol. The van der Waals surface area contributed by atoms with Crippen molar-refractivity contribution in [3.8, 4) is 0 Å². The first-order valence-electron chi connectivity index (χ1n) is 7.22. The Bertz CT molecular complexity index is 481. The minimum atomic E-state index is -0.138. The second-order valence-electron chi connectivity index (χ2n) is 4.86. The number of rotatable bonds is 4. The van der Waals surface area contributed by atoms with Crippen molar-refractivity contribution in [3.63, 3.8) is 0 Å². The van der Waals surface area contributed by atoms with E-state index in [-0.39, 0.29) is 11.9 Å². The third-order valence-corrected chi connectivity index (χ3v) is 3.23. The number of amides is 3. The van der Waals surface area contributed by atoms with Crippen molar-refractivity contribution in [1.82, 2.24) is 10.2 Å². The summed E-state index contributed by atoms with van der Waals surface area (Å²) in [5.74, 6) is -0.0945. The molecule has 1 aromatic carbocycles. The van der Waals surface area contributed by atoms with Crippen molar-refractivity contribution in [2.75, 3.05) is 38.2 Å². The number of carbonyl (C=O) groups excluding carboxylic acids is 2. The molecule has 1 saturated heterocycles. The molecule has 0 unspecified atom stereocenters. The van der Waals surface area contributed by atoms with E-state index in [2.05, 4.69) is 10.6 Å². The van der Waals surface area contributed by atoms with Crippen LogP contribution in [0.5, 0.6) is 0 Å². The number of urea groups is 1. The van der Waals surface area contributed by atoms with E-state index < -0.39 is 0 Å². The van der Waals surface area contributed by atoms with Crippen LogP contribution in [0.3, 0.4) is 0 Å². The van der Waals surface area contributed by atoms with Gasteiger partial charge >= 0.3 is 6.03 Å². The van der Waals surface area contributed by atoms with Gasteiger partial charge in [-0.3, -0.25) is 4.79 Å². The van der Waals surface area contributed by atoms with Gasteiger partial charge in [-0.25, -0.2) is 4.79 Å². The first-order chi connectivity index (χ1) is 10.2. The maximum Gasteiger partial charge on any atom is 0.321 e. The topological polar surface area (TPSA) is 70.7 Å². The summed E-state index contributed by atoms with van der Waals surface area (Å²) in [5, 5.41) is 5.63. The summed E-state index contributed by atoms with van der Waals surface area (Å²) in [6.45, 7) is 5.01. The molecule has 0 radical (unpaired) electrons. The lowest BCUT2D eigenvalue weighted by molar-refractivity contribution is 0.0564. The minimum absolute atomic E-state index is 0.0945. The van der Waals surface area contributed by atoms with Gasteiger partial charge in [-0.15, -0.1) is 0 Å². The van der Waals surface area contributed by atoms with Crippen LogP contribution in [0.25, 0.3) is 0 Å². The molecule has 0 saturated carbocycles. The summed E-state index contributed by atoms with van der Waals surface area (Å²) < 4.78 is 5.21. The van der Waals surface area contributed by atoms with E-state index >= 15 is 0 Å². The fraction of sp³-hybridized carbons (Fsp3) is 0.467. The number of hydrogen-bond donors (Lipinski definition) is 2. The quantitative estimate of drug-likeness (QED) is 0.887. The molecule has 1 fully saturated rings. The van der Waals surface area contributed by atoms with Crippen LogP contribution in [0, 0.1) is 0 Å². The number of carbonyl (C=O) groups is 2. The Kier molecular flexibility index (Phi) is 5.57. The van der Waals surface area contributed by atoms with E-state index in [1.54, 1.807) is 29.2 Å². The van der Waals surface area contributed by atoms with Crippen LogP contribution >= 0.6 is 0 Å². The number of nitrogens with one attached hydrogen (secondary N) is 2. The monoisotopic (exact) mass is 291 g/mol. The summed E-state index contributed by atoms with van der Waals surface area (Å²) in [6, 6.07) is 6.75. The van der Waals surface area contributed by atoms with Gasteiger partial charge in [0.25, 0.3) is 5.91 Å². The lowest BCUT2D eigenvalue weighted by atomic mass is 10.2. The molecule has 2 rings (SSSR count). The number of ether oxygens (including phenoxy) is 1. The highest BCUT2D eigenvalue weighted by atomic mass is 16.5. The van der Waals surface area contributed by atoms with Crippen molar-refractivity contribution < 1.29 is 14.3 Å². The van der Waals surface area contributed by atoms with E-state index in [0.29, 0.717) is 44.1 Å². The molecule has 6 heteroatoms. The van der Waals surface area contributed by atoms with Crippen LogP contribution in [0.2, 0.25) is 0 Å². The van der Waals surface area contributed by atoms with Crippen molar-refractivity contribution in [3.05, 3.63) is 29.8 Å². The average molecular weight is 291 g/mol. The highest BCUT2D eigenvalue weighted by molar-refractivity contribution is 5.95. The van der Waals surface area contributed by atoms with Gasteiger partial charge in [0.05, 0.1) is 13.2 Å². The summed E-state index contributed by atoms with van der Waals surface area (Å²) in [6.07, 6.45) is 0.902. The Balaban J connectivity index is 1.89. The summed E-state index contributed by atoms with van der Waals surface area (Å²) in [4.78, 5) is 25.5. The second kappa shape index (κ2) is 7.64. The predicted octanol–water partition coefficient (Wildman–Crippen LogP) is 1.69. The van der Waals surface area contributed by atoms with Crippen LogP contribution < -0.4 is 10.6 Å². The Morgan fingerprint density at radius 3 is 2.48 bits per heavy atom. The first-order valence-corrected chi connectivity index (χ1v) is 7.22. The van der Waals surface area contributed by atoms with Crippen LogP contribution in [0.4, 0.5) is 10.5 Å². The Hall–Kier alpha value is -2.08. The van der Waals surface area contributed by atoms with Crippen LogP contribution in [-0.4, -0.2) is 49.7 Å². The van der Waals surface area contributed by atoms with Crippen molar-refractivity contribution >= 4 is 17.6 Å². The van der Waals surface area contributed by atoms with Gasteiger partial charge in [-0.2, -0.15) is 0 Å². The molecule has 0 aromatic heterocycles. The second-order valence-corrected chi connectivity index (χ2v) is 4.86. The molecule has 6 nitrogen and oxygen atoms in total. The summed E-state index contributed by atoms with van der Waals surface area (Å²) in [5.41, 5.74) is 1.27. The molecule has 0 bridgehead atoms. The van der Waals surface area contributed by atoms with Crippen molar-refractivity contribution in [2.45, 2.75) is 13.3 Å². The SMILES string of the molecule is CCCNC(=O)c1ccc(NC(=O)N2CCOCC2)cc1. The molecule has 1 aliphatic heterocycles. The molecule has 0 aliphatic carbocycles. The van der Waals surface area contributed by atoms with Crippen molar-refractivity contribution in [1.29, 1.82) is 0 Å². The number of nitrogens with zero attached hydrogens (tertiary/aromatic N) is 1. The molecule has 114 valence electrons. The summed E-state index contributed by atoms with van der Waals surface area (Å²) in [7, 11) is 0. The maximum atomic E-state index is 12.0. The average Bonchev–Trinajstić information content (AvgIpc) is 2.54. The summed E-state index contributed by atoms with van der Waals surface area (Å²) >= 11 is 0. The van der Waals surface area contributed by atoms with E-state index in [4.69, 9.17) is 4.74 Å². The molecule has 1 aromatic rings. The fourth-order valence-corrected chi connectivity index (χ4v) is 2.01. The van der Waals surface area contributed by atoms with E-state index in [1.165, 1.54) is 0 Å². The van der Waals surface area contributed by atoms with Gasteiger partial charge in [0.1, 0.15) is 0 Å². The standard InChI is InChI=1S/C15H21N3O3/c1-2-7-16-14(19)12-3-5-13(6-4-12)17-15(20)18-8-10-21-11-9-18/h3-6H,2,7-11H2,1H3,(H,16,19)(H,17,20). The van der Waals surface area contributed by atoms with Gasteiger partial charge < -0.3 is 20.3 Å². The molecule has 3 amide bonds. The highest BCUT2D eigenvalue weighted by Gasteiger charge is 2.16. The normalized spacial score (nSPS) is 14.6. The molecule has 1 aliphatic rings. The van der Waals surface area contributed by atoms with Crippen LogP contribution in [0.1, 0.15) is 23.7 Å². The third kappa shape index (κ3) is 4.46. The number of anilines is 1. The Labute approximate surface area is 124 Å². The zero-order chi connectivity index (χ0) is 15.1. The lowest BCUT2D eigenvalue weighted by Crippen LogP contribution is -2.43. The van der Waals surface area contributed by atoms with Crippen LogP contribution in [0.15, 0.2) is 24.3 Å². The van der Waals surface area contributed by atoms with Gasteiger partial charge in [0.2, 0.25) is 0 Å². The molecule has 1 heterocycles. The fourth-order valence-electron chi connectivity index (χ4n) is 2.01. The maximum absolute atomic E-state index is 12.0. The molecule has 2 N–H and O–H groups in total.